The van der Waals surface area contributed by atoms with Crippen molar-refractivity contribution >= 4 is 12.6 Å². The lowest BCUT2D eigenvalue weighted by Gasteiger charge is -2.06. The van der Waals surface area contributed by atoms with Crippen LogP contribution in [0.3, 0.4) is 0 Å². The van der Waals surface area contributed by atoms with Crippen molar-refractivity contribution in [3.05, 3.63) is 46.2 Å². The molecular weight excluding hydrogens is 248 g/mol. The highest BCUT2D eigenvalue weighted by Crippen LogP contribution is 2.20. The van der Waals surface area contributed by atoms with E-state index in [0.717, 1.165) is 17.0 Å². The molecule has 18 heavy (non-hydrogen) atoms. The van der Waals surface area contributed by atoms with Gasteiger partial charge in [0, 0.05) is 23.9 Å². The molecule has 0 saturated heterocycles. The van der Waals surface area contributed by atoms with E-state index in [1.807, 2.05) is 24.3 Å². The van der Waals surface area contributed by atoms with Crippen molar-refractivity contribution in [2.24, 2.45) is 7.05 Å². The van der Waals surface area contributed by atoms with Crippen molar-refractivity contribution in [1.29, 1.82) is 0 Å². The van der Waals surface area contributed by atoms with Gasteiger partial charge < -0.3 is 4.74 Å². The van der Waals surface area contributed by atoms with Crippen LogP contribution >= 0.6 is 12.6 Å². The quantitative estimate of drug-likeness (QED) is 0.859. The number of hydrogen-bond acceptors (Lipinski definition) is 4. The number of nitrogens with zero attached hydrogens (tertiary/aromatic N) is 2. The molecule has 0 aliphatic carbocycles. The van der Waals surface area contributed by atoms with Gasteiger partial charge in [-0.05, 0) is 30.3 Å². The molecule has 0 bridgehead atoms. The van der Waals surface area contributed by atoms with Crippen LogP contribution in [0.25, 0.3) is 11.3 Å². The second-order valence-electron chi connectivity index (χ2n) is 3.87. The third-order valence-electron chi connectivity index (χ3n) is 2.69. The van der Waals surface area contributed by atoms with Crippen LogP contribution in [0, 0.1) is 0 Å². The van der Waals surface area contributed by atoms with Crippen LogP contribution in [-0.4, -0.2) is 16.9 Å². The monoisotopic (exact) mass is 262 g/mol. The van der Waals surface area contributed by atoms with E-state index in [1.54, 1.807) is 20.2 Å². The van der Waals surface area contributed by atoms with Gasteiger partial charge >= 0.3 is 0 Å². The Morgan fingerprint density at radius 3 is 2.56 bits per heavy atom. The average Bonchev–Trinajstić information content (AvgIpc) is 2.42. The maximum atomic E-state index is 11.7. The first-order valence-corrected chi connectivity index (χ1v) is 6.11. The molecule has 4 nitrogen and oxygen atoms in total. The highest BCUT2D eigenvalue weighted by molar-refractivity contribution is 7.79. The van der Waals surface area contributed by atoms with Crippen LogP contribution in [0.15, 0.2) is 35.1 Å². The summed E-state index contributed by atoms with van der Waals surface area (Å²) in [5.41, 5.74) is 2.22. The number of thiol groups is 1. The highest BCUT2D eigenvalue weighted by atomic mass is 32.1. The van der Waals surface area contributed by atoms with Gasteiger partial charge in [0.05, 0.1) is 12.8 Å². The molecule has 0 atom stereocenters. The molecule has 0 fully saturated rings. The predicted octanol–water partition coefficient (Wildman–Crippen LogP) is 1.89. The largest absolute Gasteiger partial charge is 0.497 e. The molecule has 94 valence electrons. The number of rotatable bonds is 3. The molecule has 0 aliphatic heterocycles. The molecule has 0 N–H and O–H groups in total. The Bertz CT molecular complexity index is 605. The highest BCUT2D eigenvalue weighted by Gasteiger charge is 2.06. The molecule has 0 radical (unpaired) electrons. The summed E-state index contributed by atoms with van der Waals surface area (Å²) < 4.78 is 6.44. The van der Waals surface area contributed by atoms with Gasteiger partial charge in [-0.15, -0.1) is 0 Å². The van der Waals surface area contributed by atoms with E-state index in [2.05, 4.69) is 17.7 Å². The van der Waals surface area contributed by atoms with E-state index in [-0.39, 0.29) is 5.56 Å². The van der Waals surface area contributed by atoms with Crippen LogP contribution < -0.4 is 10.3 Å². The van der Waals surface area contributed by atoms with Crippen LogP contribution in [0.5, 0.6) is 5.75 Å². The summed E-state index contributed by atoms with van der Waals surface area (Å²) in [4.78, 5) is 11.7. The molecule has 0 aliphatic rings. The Balaban J connectivity index is 2.50. The normalized spacial score (nSPS) is 10.4. The first-order valence-electron chi connectivity index (χ1n) is 5.48. The molecule has 0 spiro atoms. The lowest BCUT2D eigenvalue weighted by molar-refractivity contribution is 0.415. The van der Waals surface area contributed by atoms with Gasteiger partial charge in [0.15, 0.2) is 0 Å². The summed E-state index contributed by atoms with van der Waals surface area (Å²) in [5, 5.41) is 4.24. The van der Waals surface area contributed by atoms with Gasteiger partial charge in [-0.3, -0.25) is 4.79 Å². The smallest absolute Gasteiger partial charge is 0.270 e. The molecule has 1 heterocycles. The standard InChI is InChI=1S/C13H14N2O2S/c1-15-13(16)10(8-18)7-12(14-15)9-3-5-11(17-2)6-4-9/h3-7,18H,8H2,1-2H3. The van der Waals surface area contributed by atoms with Gasteiger partial charge in [-0.1, -0.05) is 0 Å². The molecule has 0 saturated carbocycles. The first kappa shape index (κ1) is 12.7. The Morgan fingerprint density at radius 1 is 1.33 bits per heavy atom. The Kier molecular flexibility index (Phi) is 3.72. The lowest BCUT2D eigenvalue weighted by Crippen LogP contribution is -2.23. The van der Waals surface area contributed by atoms with Crippen LogP contribution in [-0.2, 0) is 12.8 Å². The van der Waals surface area contributed by atoms with E-state index < -0.39 is 0 Å². The first-order chi connectivity index (χ1) is 8.65. The number of benzene rings is 1. The Hall–Kier alpha value is -1.75. The number of ether oxygens (including phenoxy) is 1. The number of aromatic nitrogens is 2. The summed E-state index contributed by atoms with van der Waals surface area (Å²) in [5.74, 6) is 1.19. The van der Waals surface area contributed by atoms with Gasteiger partial charge in [0.1, 0.15) is 5.75 Å². The van der Waals surface area contributed by atoms with Crippen LogP contribution in [0.1, 0.15) is 5.56 Å². The van der Waals surface area contributed by atoms with Crippen LogP contribution in [0.2, 0.25) is 0 Å². The molecule has 0 amide bonds. The fraction of sp³-hybridized carbons (Fsp3) is 0.231. The zero-order valence-corrected chi connectivity index (χ0v) is 11.1. The molecule has 0 unspecified atom stereocenters. The van der Waals surface area contributed by atoms with Crippen molar-refractivity contribution in [2.75, 3.05) is 7.11 Å². The molecular formula is C13H14N2O2S. The van der Waals surface area contributed by atoms with Crippen LogP contribution in [0.4, 0.5) is 0 Å². The van der Waals surface area contributed by atoms with E-state index >= 15 is 0 Å². The van der Waals surface area contributed by atoms with Crippen molar-refractivity contribution < 1.29 is 4.74 Å². The minimum Gasteiger partial charge on any atom is -0.497 e. The number of hydrogen-bond donors (Lipinski definition) is 1. The van der Waals surface area contributed by atoms with Gasteiger partial charge in [-0.2, -0.15) is 17.7 Å². The van der Waals surface area contributed by atoms with E-state index in [4.69, 9.17) is 4.74 Å². The second-order valence-corrected chi connectivity index (χ2v) is 4.19. The summed E-state index contributed by atoms with van der Waals surface area (Å²) in [6.45, 7) is 0. The summed E-state index contributed by atoms with van der Waals surface area (Å²) in [6, 6.07) is 9.32. The van der Waals surface area contributed by atoms with Gasteiger partial charge in [0.25, 0.3) is 5.56 Å². The average molecular weight is 262 g/mol. The number of aryl methyl sites for hydroxylation is 1. The molecule has 2 rings (SSSR count). The molecule has 5 heteroatoms. The molecule has 1 aromatic carbocycles. The third-order valence-corrected chi connectivity index (χ3v) is 3.03. The Labute approximate surface area is 111 Å². The third kappa shape index (κ3) is 2.41. The minimum absolute atomic E-state index is 0.109. The van der Waals surface area contributed by atoms with Crippen molar-refractivity contribution in [2.45, 2.75) is 5.75 Å². The fourth-order valence-corrected chi connectivity index (χ4v) is 1.91. The number of methoxy groups -OCH3 is 1. The van der Waals surface area contributed by atoms with Gasteiger partial charge in [0.2, 0.25) is 0 Å². The van der Waals surface area contributed by atoms with Gasteiger partial charge in [-0.25, -0.2) is 4.68 Å². The van der Waals surface area contributed by atoms with E-state index in [1.165, 1.54) is 4.68 Å². The minimum atomic E-state index is -0.109. The van der Waals surface area contributed by atoms with E-state index in [0.29, 0.717) is 11.3 Å². The predicted molar refractivity (Wildman–Crippen MR) is 74.2 cm³/mol. The topological polar surface area (TPSA) is 44.1 Å². The zero-order chi connectivity index (χ0) is 13.1. The molecule has 2 aromatic rings. The van der Waals surface area contributed by atoms with Crippen molar-refractivity contribution in [3.8, 4) is 17.0 Å². The van der Waals surface area contributed by atoms with Crippen molar-refractivity contribution in [3.63, 3.8) is 0 Å². The SMILES string of the molecule is COc1ccc(-c2cc(CS)c(=O)n(C)n2)cc1. The summed E-state index contributed by atoms with van der Waals surface area (Å²) in [6.07, 6.45) is 0. The maximum absolute atomic E-state index is 11.7. The maximum Gasteiger partial charge on any atom is 0.270 e. The lowest BCUT2D eigenvalue weighted by atomic mass is 10.1. The second kappa shape index (κ2) is 5.27. The summed E-state index contributed by atoms with van der Waals surface area (Å²) >= 11 is 4.16. The zero-order valence-electron chi connectivity index (χ0n) is 10.3. The van der Waals surface area contributed by atoms with Crippen molar-refractivity contribution in [1.82, 2.24) is 9.78 Å². The fourth-order valence-electron chi connectivity index (χ4n) is 1.69. The van der Waals surface area contributed by atoms with E-state index in [9.17, 15) is 4.79 Å². The molecule has 1 aromatic heterocycles. The Morgan fingerprint density at radius 2 is 2.00 bits per heavy atom. The summed E-state index contributed by atoms with van der Waals surface area (Å²) in [7, 11) is 3.26.